The van der Waals surface area contributed by atoms with Gasteiger partial charge in [0.2, 0.25) is 0 Å². The molecule has 1 aliphatic heterocycles. The monoisotopic (exact) mass is 215 g/mol. The standard InChI is InChI=1S/C9H13NO3S/c1-2-5-10-6-8(13)7(12)4(3-11)9(6)14-5/h2,4,6-9,11-13H,1,3H2. The van der Waals surface area contributed by atoms with Crippen molar-refractivity contribution in [3.63, 3.8) is 0 Å². The largest absolute Gasteiger partial charge is 0.396 e. The lowest BCUT2D eigenvalue weighted by molar-refractivity contribution is 0.00333. The minimum atomic E-state index is -0.863. The van der Waals surface area contributed by atoms with Crippen molar-refractivity contribution in [1.29, 1.82) is 0 Å². The van der Waals surface area contributed by atoms with E-state index in [0.29, 0.717) is 0 Å². The molecule has 78 valence electrons. The first-order chi connectivity index (χ1) is 6.69. The third-order valence-electron chi connectivity index (χ3n) is 2.82. The van der Waals surface area contributed by atoms with Crippen molar-refractivity contribution in [3.05, 3.63) is 12.7 Å². The summed E-state index contributed by atoms with van der Waals surface area (Å²) in [7, 11) is 0. The molecule has 14 heavy (non-hydrogen) atoms. The summed E-state index contributed by atoms with van der Waals surface area (Å²) >= 11 is 1.47. The van der Waals surface area contributed by atoms with Crippen LogP contribution in [0.2, 0.25) is 0 Å². The highest BCUT2D eigenvalue weighted by atomic mass is 32.2. The van der Waals surface area contributed by atoms with Gasteiger partial charge in [-0.2, -0.15) is 0 Å². The predicted octanol–water partition coefficient (Wildman–Crippen LogP) is -0.601. The average Bonchev–Trinajstić information content (AvgIpc) is 2.69. The number of rotatable bonds is 2. The summed E-state index contributed by atoms with van der Waals surface area (Å²) in [6.45, 7) is 3.49. The van der Waals surface area contributed by atoms with Crippen LogP contribution in [0.3, 0.4) is 0 Å². The molecule has 4 nitrogen and oxygen atoms in total. The van der Waals surface area contributed by atoms with Crippen LogP contribution in [-0.2, 0) is 0 Å². The van der Waals surface area contributed by atoms with Crippen LogP contribution in [0.25, 0.3) is 0 Å². The normalized spacial score (nSPS) is 46.2. The molecule has 5 unspecified atom stereocenters. The molecular weight excluding hydrogens is 202 g/mol. The smallest absolute Gasteiger partial charge is 0.104 e. The van der Waals surface area contributed by atoms with Crippen molar-refractivity contribution in [3.8, 4) is 0 Å². The first kappa shape index (κ1) is 10.2. The van der Waals surface area contributed by atoms with E-state index >= 15 is 0 Å². The van der Waals surface area contributed by atoms with Gasteiger partial charge in [0.05, 0.1) is 17.2 Å². The highest BCUT2D eigenvalue weighted by Gasteiger charge is 2.52. The Balaban J connectivity index is 2.22. The fraction of sp³-hybridized carbons (Fsp3) is 0.667. The molecule has 1 fully saturated rings. The SMILES string of the molecule is C=CC1=NC2C(O)C(O)C(CO)C2S1. The fourth-order valence-corrected chi connectivity index (χ4v) is 3.37. The van der Waals surface area contributed by atoms with E-state index in [1.807, 2.05) is 0 Å². The van der Waals surface area contributed by atoms with Gasteiger partial charge >= 0.3 is 0 Å². The molecule has 2 rings (SSSR count). The molecule has 5 atom stereocenters. The van der Waals surface area contributed by atoms with Gasteiger partial charge in [0.15, 0.2) is 0 Å². The van der Waals surface area contributed by atoms with Gasteiger partial charge in [-0.15, -0.1) is 11.8 Å². The van der Waals surface area contributed by atoms with Gasteiger partial charge in [0.1, 0.15) is 6.10 Å². The first-order valence-electron chi connectivity index (χ1n) is 4.53. The Morgan fingerprint density at radius 3 is 2.71 bits per heavy atom. The van der Waals surface area contributed by atoms with E-state index in [0.717, 1.165) is 5.04 Å². The lowest BCUT2D eigenvalue weighted by atomic mass is 10.1. The quantitative estimate of drug-likeness (QED) is 0.575. The second-order valence-electron chi connectivity index (χ2n) is 3.57. The molecule has 1 aliphatic carbocycles. The van der Waals surface area contributed by atoms with E-state index in [1.165, 1.54) is 11.8 Å². The molecule has 1 heterocycles. The van der Waals surface area contributed by atoms with E-state index in [4.69, 9.17) is 5.11 Å². The van der Waals surface area contributed by atoms with Crippen LogP contribution in [0.5, 0.6) is 0 Å². The summed E-state index contributed by atoms with van der Waals surface area (Å²) in [6, 6.07) is -0.292. The molecule has 0 bridgehead atoms. The summed E-state index contributed by atoms with van der Waals surface area (Å²) in [5.74, 6) is -0.291. The third-order valence-corrected chi connectivity index (χ3v) is 4.23. The number of fused-ring (bicyclic) bond motifs is 1. The molecule has 5 heteroatoms. The van der Waals surface area contributed by atoms with Crippen molar-refractivity contribution < 1.29 is 15.3 Å². The Kier molecular flexibility index (Phi) is 2.66. The highest BCUT2D eigenvalue weighted by molar-refractivity contribution is 8.15. The van der Waals surface area contributed by atoms with E-state index < -0.39 is 12.2 Å². The molecule has 0 amide bonds. The minimum Gasteiger partial charge on any atom is -0.396 e. The number of thioether (sulfide) groups is 1. The number of hydrogen-bond donors (Lipinski definition) is 3. The maximum atomic E-state index is 9.67. The Morgan fingerprint density at radius 2 is 2.14 bits per heavy atom. The third kappa shape index (κ3) is 1.32. The van der Waals surface area contributed by atoms with Gasteiger partial charge in [0.25, 0.3) is 0 Å². The van der Waals surface area contributed by atoms with Crippen molar-refractivity contribution in [2.45, 2.75) is 23.5 Å². The van der Waals surface area contributed by atoms with Gasteiger partial charge in [0, 0.05) is 17.8 Å². The molecule has 0 saturated heterocycles. The van der Waals surface area contributed by atoms with Crippen LogP contribution in [0.4, 0.5) is 0 Å². The molecule has 1 saturated carbocycles. The highest BCUT2D eigenvalue weighted by Crippen LogP contribution is 2.42. The van der Waals surface area contributed by atoms with E-state index in [2.05, 4.69) is 11.6 Å². The Morgan fingerprint density at radius 1 is 1.43 bits per heavy atom. The van der Waals surface area contributed by atoms with Crippen LogP contribution in [0.1, 0.15) is 0 Å². The number of nitrogens with zero attached hydrogens (tertiary/aromatic N) is 1. The van der Waals surface area contributed by atoms with Crippen LogP contribution >= 0.6 is 11.8 Å². The number of aliphatic hydroxyl groups is 3. The molecule has 0 aromatic rings. The predicted molar refractivity (Wildman–Crippen MR) is 55.4 cm³/mol. The van der Waals surface area contributed by atoms with Gasteiger partial charge in [-0.1, -0.05) is 6.58 Å². The topological polar surface area (TPSA) is 73.1 Å². The maximum absolute atomic E-state index is 9.67. The molecule has 0 aromatic carbocycles. The van der Waals surface area contributed by atoms with Crippen molar-refractivity contribution in [2.75, 3.05) is 6.61 Å². The maximum Gasteiger partial charge on any atom is 0.104 e. The summed E-state index contributed by atoms with van der Waals surface area (Å²) < 4.78 is 0. The lowest BCUT2D eigenvalue weighted by Gasteiger charge is -2.16. The first-order valence-corrected chi connectivity index (χ1v) is 5.41. The molecule has 2 aliphatic rings. The van der Waals surface area contributed by atoms with Crippen LogP contribution in [-0.4, -0.2) is 50.5 Å². The lowest BCUT2D eigenvalue weighted by Crippen LogP contribution is -2.31. The van der Waals surface area contributed by atoms with Gasteiger partial charge in [-0.05, 0) is 6.08 Å². The van der Waals surface area contributed by atoms with Gasteiger partial charge in [-0.3, -0.25) is 4.99 Å². The second kappa shape index (κ2) is 3.66. The summed E-state index contributed by atoms with van der Waals surface area (Å²) in [6.07, 6.45) is -0.0870. The van der Waals surface area contributed by atoms with Crippen molar-refractivity contribution in [1.82, 2.24) is 0 Å². The zero-order valence-electron chi connectivity index (χ0n) is 7.58. The van der Waals surface area contributed by atoms with Crippen molar-refractivity contribution >= 4 is 16.8 Å². The van der Waals surface area contributed by atoms with E-state index in [1.54, 1.807) is 6.08 Å². The van der Waals surface area contributed by atoms with E-state index in [9.17, 15) is 10.2 Å². The summed E-state index contributed by atoms with van der Waals surface area (Å²) in [5, 5.41) is 29.1. The second-order valence-corrected chi connectivity index (χ2v) is 4.77. The number of aliphatic hydroxyl groups excluding tert-OH is 3. The Hall–Kier alpha value is -0.360. The van der Waals surface area contributed by atoms with Gasteiger partial charge in [-0.25, -0.2) is 0 Å². The molecular formula is C9H13NO3S. The summed E-state index contributed by atoms with van der Waals surface area (Å²) in [4.78, 5) is 4.24. The zero-order chi connectivity index (χ0) is 10.3. The molecule has 0 radical (unpaired) electrons. The number of aliphatic imine (C=N–C) groups is 1. The van der Waals surface area contributed by atoms with Crippen LogP contribution < -0.4 is 0 Å². The van der Waals surface area contributed by atoms with E-state index in [-0.39, 0.29) is 23.8 Å². The van der Waals surface area contributed by atoms with Gasteiger partial charge < -0.3 is 15.3 Å². The average molecular weight is 215 g/mol. The van der Waals surface area contributed by atoms with Crippen LogP contribution in [0, 0.1) is 5.92 Å². The van der Waals surface area contributed by atoms with Crippen molar-refractivity contribution in [2.24, 2.45) is 10.9 Å². The Bertz CT molecular complexity index is 281. The Labute approximate surface area is 86.4 Å². The fourth-order valence-electron chi connectivity index (χ4n) is 2.03. The number of hydrogen-bond acceptors (Lipinski definition) is 5. The molecule has 3 N–H and O–H groups in total. The zero-order valence-corrected chi connectivity index (χ0v) is 8.39. The minimum absolute atomic E-state index is 0.0157. The van der Waals surface area contributed by atoms with Crippen LogP contribution in [0.15, 0.2) is 17.6 Å². The molecule has 0 aromatic heterocycles. The molecule has 0 spiro atoms. The summed E-state index contributed by atoms with van der Waals surface area (Å²) in [5.41, 5.74) is 0.